The lowest BCUT2D eigenvalue weighted by molar-refractivity contribution is 0.0497. The van der Waals surface area contributed by atoms with Crippen LogP contribution in [0, 0.1) is 0 Å². The molecule has 0 bridgehead atoms. The molecule has 0 spiro atoms. The molecule has 0 saturated carbocycles. The molecule has 0 amide bonds. The molecule has 2 aromatic rings. The standard InChI is InChI=1S/C13H14N2O3/c1-2-3-8-18-13(17)10-9-14-11-6-4-5-7-15(11)12(10)16/h4-7,9H,2-3,8H2,1H3. The van der Waals surface area contributed by atoms with Crippen molar-refractivity contribution < 1.29 is 9.53 Å². The van der Waals surface area contributed by atoms with Crippen molar-refractivity contribution in [2.75, 3.05) is 6.61 Å². The first-order valence-electron chi connectivity index (χ1n) is 5.87. The van der Waals surface area contributed by atoms with Gasteiger partial charge in [0.25, 0.3) is 5.56 Å². The van der Waals surface area contributed by atoms with E-state index in [0.29, 0.717) is 12.3 Å². The number of pyridine rings is 1. The highest BCUT2D eigenvalue weighted by atomic mass is 16.5. The molecule has 0 aliphatic rings. The number of esters is 1. The zero-order valence-corrected chi connectivity index (χ0v) is 10.1. The fraction of sp³-hybridized carbons (Fsp3) is 0.308. The number of nitrogens with zero attached hydrogens (tertiary/aromatic N) is 2. The smallest absolute Gasteiger partial charge is 0.345 e. The number of carbonyl (C=O) groups excluding carboxylic acids is 1. The summed E-state index contributed by atoms with van der Waals surface area (Å²) < 4.78 is 6.34. The zero-order valence-electron chi connectivity index (χ0n) is 10.1. The molecule has 94 valence electrons. The van der Waals surface area contributed by atoms with E-state index in [1.807, 2.05) is 6.92 Å². The van der Waals surface area contributed by atoms with Crippen LogP contribution < -0.4 is 5.56 Å². The van der Waals surface area contributed by atoms with Gasteiger partial charge in [-0.3, -0.25) is 9.20 Å². The van der Waals surface area contributed by atoms with Crippen molar-refractivity contribution in [1.82, 2.24) is 9.38 Å². The van der Waals surface area contributed by atoms with Crippen molar-refractivity contribution in [3.63, 3.8) is 0 Å². The number of ether oxygens (including phenoxy) is 1. The number of hydrogen-bond acceptors (Lipinski definition) is 4. The molecule has 2 heterocycles. The van der Waals surface area contributed by atoms with Crippen molar-refractivity contribution in [2.45, 2.75) is 19.8 Å². The zero-order chi connectivity index (χ0) is 13.0. The Kier molecular flexibility index (Phi) is 3.72. The van der Waals surface area contributed by atoms with Gasteiger partial charge in [0.15, 0.2) is 0 Å². The molecule has 0 N–H and O–H groups in total. The normalized spacial score (nSPS) is 10.5. The highest BCUT2D eigenvalue weighted by Crippen LogP contribution is 2.00. The van der Waals surface area contributed by atoms with Crippen LogP contribution in [0.25, 0.3) is 5.65 Å². The SMILES string of the molecule is CCCCOC(=O)c1cnc2ccccn2c1=O. The summed E-state index contributed by atoms with van der Waals surface area (Å²) in [6, 6.07) is 5.19. The number of hydrogen-bond donors (Lipinski definition) is 0. The van der Waals surface area contributed by atoms with Crippen LogP contribution in [0.5, 0.6) is 0 Å². The molecular weight excluding hydrogens is 232 g/mol. The van der Waals surface area contributed by atoms with Gasteiger partial charge < -0.3 is 4.74 Å². The number of aromatic nitrogens is 2. The third-order valence-electron chi connectivity index (χ3n) is 2.56. The van der Waals surface area contributed by atoms with Gasteiger partial charge in [0.2, 0.25) is 0 Å². The first kappa shape index (κ1) is 12.3. The summed E-state index contributed by atoms with van der Waals surface area (Å²) in [7, 11) is 0. The number of carbonyl (C=O) groups is 1. The van der Waals surface area contributed by atoms with E-state index in [1.165, 1.54) is 10.6 Å². The Balaban J connectivity index is 2.31. The molecule has 0 aliphatic heterocycles. The molecule has 0 radical (unpaired) electrons. The lowest BCUT2D eigenvalue weighted by atomic mass is 10.3. The predicted molar refractivity (Wildman–Crippen MR) is 66.7 cm³/mol. The Morgan fingerprint density at radius 2 is 2.28 bits per heavy atom. The van der Waals surface area contributed by atoms with E-state index in [1.54, 1.807) is 24.4 Å². The van der Waals surface area contributed by atoms with E-state index >= 15 is 0 Å². The monoisotopic (exact) mass is 246 g/mol. The Hall–Kier alpha value is -2.17. The van der Waals surface area contributed by atoms with Gasteiger partial charge in [-0.1, -0.05) is 19.4 Å². The summed E-state index contributed by atoms with van der Waals surface area (Å²) in [5.41, 5.74) is 0.0736. The van der Waals surface area contributed by atoms with Gasteiger partial charge >= 0.3 is 5.97 Å². The summed E-state index contributed by atoms with van der Waals surface area (Å²) in [5.74, 6) is -0.612. The van der Waals surface area contributed by atoms with Crippen LogP contribution in [0.15, 0.2) is 35.4 Å². The van der Waals surface area contributed by atoms with Crippen LogP contribution in [0.1, 0.15) is 30.1 Å². The van der Waals surface area contributed by atoms with E-state index in [2.05, 4.69) is 4.98 Å². The van der Waals surface area contributed by atoms with Crippen molar-refractivity contribution in [3.05, 3.63) is 46.5 Å². The highest BCUT2D eigenvalue weighted by Gasteiger charge is 2.14. The molecule has 0 aliphatic carbocycles. The minimum Gasteiger partial charge on any atom is -0.462 e. The van der Waals surface area contributed by atoms with Crippen LogP contribution in [-0.4, -0.2) is 22.0 Å². The third kappa shape index (κ3) is 2.40. The minimum absolute atomic E-state index is 0.0326. The first-order valence-corrected chi connectivity index (χ1v) is 5.87. The van der Waals surface area contributed by atoms with Crippen molar-refractivity contribution in [3.8, 4) is 0 Å². The fourth-order valence-corrected chi connectivity index (χ4v) is 1.55. The van der Waals surface area contributed by atoms with Crippen molar-refractivity contribution >= 4 is 11.6 Å². The second-order valence-corrected chi connectivity index (χ2v) is 3.90. The molecule has 5 heteroatoms. The van der Waals surface area contributed by atoms with Crippen LogP contribution in [0.4, 0.5) is 0 Å². The van der Waals surface area contributed by atoms with E-state index in [-0.39, 0.29) is 5.56 Å². The van der Waals surface area contributed by atoms with Crippen molar-refractivity contribution in [1.29, 1.82) is 0 Å². The van der Waals surface area contributed by atoms with Gasteiger partial charge in [-0.2, -0.15) is 0 Å². The number of unbranched alkanes of at least 4 members (excludes halogenated alkanes) is 1. The van der Waals surface area contributed by atoms with Gasteiger partial charge in [-0.15, -0.1) is 0 Å². The van der Waals surface area contributed by atoms with Gasteiger partial charge in [-0.25, -0.2) is 9.78 Å². The van der Waals surface area contributed by atoms with E-state index in [4.69, 9.17) is 4.74 Å². The van der Waals surface area contributed by atoms with Crippen LogP contribution >= 0.6 is 0 Å². The number of fused-ring (bicyclic) bond motifs is 1. The fourth-order valence-electron chi connectivity index (χ4n) is 1.55. The number of rotatable bonds is 4. The van der Waals surface area contributed by atoms with E-state index < -0.39 is 11.5 Å². The molecule has 0 atom stereocenters. The Morgan fingerprint density at radius 1 is 1.44 bits per heavy atom. The summed E-state index contributed by atoms with van der Waals surface area (Å²) in [5, 5.41) is 0. The Bertz CT molecular complexity index is 619. The van der Waals surface area contributed by atoms with Crippen LogP contribution in [-0.2, 0) is 4.74 Å². The van der Waals surface area contributed by atoms with Gasteiger partial charge in [0.05, 0.1) is 6.61 Å². The lowest BCUT2D eigenvalue weighted by Crippen LogP contribution is -2.24. The highest BCUT2D eigenvalue weighted by molar-refractivity contribution is 5.88. The maximum atomic E-state index is 12.0. The second-order valence-electron chi connectivity index (χ2n) is 3.90. The van der Waals surface area contributed by atoms with E-state index in [0.717, 1.165) is 12.8 Å². The lowest BCUT2D eigenvalue weighted by Gasteiger charge is -2.04. The molecule has 2 rings (SSSR count). The van der Waals surface area contributed by atoms with Gasteiger partial charge in [0, 0.05) is 12.4 Å². The summed E-state index contributed by atoms with van der Waals surface area (Å²) in [6.07, 6.45) is 4.57. The minimum atomic E-state index is -0.612. The van der Waals surface area contributed by atoms with Gasteiger partial charge in [-0.05, 0) is 18.6 Å². The van der Waals surface area contributed by atoms with Crippen LogP contribution in [0.2, 0.25) is 0 Å². The summed E-state index contributed by atoms with van der Waals surface area (Å²) >= 11 is 0. The second kappa shape index (κ2) is 5.44. The van der Waals surface area contributed by atoms with Gasteiger partial charge in [0.1, 0.15) is 11.2 Å². The molecule has 0 fully saturated rings. The molecule has 18 heavy (non-hydrogen) atoms. The average molecular weight is 246 g/mol. The molecule has 2 aromatic heterocycles. The van der Waals surface area contributed by atoms with Crippen molar-refractivity contribution in [2.24, 2.45) is 0 Å². The van der Waals surface area contributed by atoms with Crippen LogP contribution in [0.3, 0.4) is 0 Å². The largest absolute Gasteiger partial charge is 0.462 e. The Morgan fingerprint density at radius 3 is 3.06 bits per heavy atom. The molecular formula is C13H14N2O3. The van der Waals surface area contributed by atoms with E-state index in [9.17, 15) is 9.59 Å². The topological polar surface area (TPSA) is 60.7 Å². The molecule has 0 saturated heterocycles. The third-order valence-corrected chi connectivity index (χ3v) is 2.56. The maximum Gasteiger partial charge on any atom is 0.345 e. The predicted octanol–water partition coefficient (Wildman–Crippen LogP) is 1.65. The average Bonchev–Trinajstić information content (AvgIpc) is 2.39. The Labute approximate surface area is 104 Å². The molecule has 0 aromatic carbocycles. The molecule has 0 unspecified atom stereocenters. The summed E-state index contributed by atoms with van der Waals surface area (Å²) in [4.78, 5) is 27.8. The summed E-state index contributed by atoms with van der Waals surface area (Å²) in [6.45, 7) is 2.33. The first-order chi connectivity index (χ1) is 8.74. The quantitative estimate of drug-likeness (QED) is 0.608. The maximum absolute atomic E-state index is 12.0. The molecule has 5 nitrogen and oxygen atoms in total.